The Hall–Kier alpha value is -7.01. The number of hydrogen-bond donors (Lipinski definition) is 0. The summed E-state index contributed by atoms with van der Waals surface area (Å²) in [4.78, 5) is 15.6. The Morgan fingerprint density at radius 2 is 0.918 bits per heavy atom. The molecule has 0 aliphatic heterocycles. The van der Waals surface area contributed by atoms with E-state index >= 15 is 0 Å². The van der Waals surface area contributed by atoms with Gasteiger partial charge in [-0.15, -0.1) is 11.3 Å². The molecule has 0 unspecified atom stereocenters. The van der Waals surface area contributed by atoms with Crippen LogP contribution in [0.1, 0.15) is 43.6 Å². The summed E-state index contributed by atoms with van der Waals surface area (Å²) in [6.45, 7) is 0. The van der Waals surface area contributed by atoms with Gasteiger partial charge in [0.1, 0.15) is 0 Å². The zero-order valence-corrected chi connectivity index (χ0v) is 34.5. The molecule has 11 aromatic rings. The van der Waals surface area contributed by atoms with Gasteiger partial charge >= 0.3 is 0 Å². The van der Waals surface area contributed by atoms with Gasteiger partial charge in [0, 0.05) is 42.2 Å². The van der Waals surface area contributed by atoms with E-state index in [4.69, 9.17) is 15.0 Å². The SMILES string of the molecule is c1ccc(-c2cc(C3CCCCC3)c3cc(-c4cccc(-c5nc(-c6ccccc6)nc(-c6ccc7sc8c9ccccc9c9ccccc9c8c7c6)n5)c4)ccc3c2)cc1. The van der Waals surface area contributed by atoms with Crippen molar-refractivity contribution >= 4 is 63.8 Å². The molecule has 2 aromatic heterocycles. The zero-order chi connectivity index (χ0) is 40.3. The minimum absolute atomic E-state index is 0.575. The number of rotatable bonds is 6. The molecule has 1 aliphatic rings. The molecule has 0 spiro atoms. The third-order valence-electron chi connectivity index (χ3n) is 12.9. The molecule has 290 valence electrons. The van der Waals surface area contributed by atoms with Gasteiger partial charge in [0.25, 0.3) is 0 Å². The van der Waals surface area contributed by atoms with E-state index in [0.717, 1.165) is 22.3 Å². The standard InChI is InChI=1S/C57H41N3S/c1-4-15-36(16-5-1)44-32-41-28-27-40(33-50(41)49(35-44)37-17-6-2-7-18-37)39-21-14-22-42(31-39)56-58-55(38-19-8-3-9-20-38)59-57(60-56)43-29-30-52-51(34-43)53-47-25-12-10-23-45(47)46-24-11-13-26-48(46)54(53)61-52/h1,3-5,8-16,19-35,37H,2,6-7,17-18H2. The van der Waals surface area contributed by atoms with Gasteiger partial charge in [-0.05, 0) is 110 Å². The highest BCUT2D eigenvalue weighted by molar-refractivity contribution is 7.27. The average molecular weight is 800 g/mol. The molecule has 1 saturated carbocycles. The van der Waals surface area contributed by atoms with Crippen molar-refractivity contribution in [1.29, 1.82) is 0 Å². The predicted molar refractivity (Wildman–Crippen MR) is 258 cm³/mol. The van der Waals surface area contributed by atoms with Crippen LogP contribution in [0.15, 0.2) is 182 Å². The lowest BCUT2D eigenvalue weighted by molar-refractivity contribution is 0.445. The minimum atomic E-state index is 0.575. The second kappa shape index (κ2) is 14.9. The second-order valence-electron chi connectivity index (χ2n) is 16.6. The van der Waals surface area contributed by atoms with E-state index in [1.54, 1.807) is 0 Å². The van der Waals surface area contributed by atoms with Crippen molar-refractivity contribution in [2.75, 3.05) is 0 Å². The van der Waals surface area contributed by atoms with Crippen molar-refractivity contribution < 1.29 is 0 Å². The average Bonchev–Trinajstić information content (AvgIpc) is 3.74. The lowest BCUT2D eigenvalue weighted by atomic mass is 9.80. The van der Waals surface area contributed by atoms with Crippen LogP contribution in [0.25, 0.3) is 109 Å². The summed E-state index contributed by atoms with van der Waals surface area (Å²) in [5.41, 5.74) is 9.31. The van der Waals surface area contributed by atoms with Crippen LogP contribution in [0.3, 0.4) is 0 Å². The Morgan fingerprint density at radius 1 is 0.361 bits per heavy atom. The molecule has 1 fully saturated rings. The topological polar surface area (TPSA) is 38.7 Å². The van der Waals surface area contributed by atoms with Crippen LogP contribution < -0.4 is 0 Å². The van der Waals surface area contributed by atoms with Crippen molar-refractivity contribution in [3.8, 4) is 56.4 Å². The van der Waals surface area contributed by atoms with Crippen molar-refractivity contribution in [2.24, 2.45) is 0 Å². The van der Waals surface area contributed by atoms with Gasteiger partial charge in [0.05, 0.1) is 0 Å². The summed E-state index contributed by atoms with van der Waals surface area (Å²) >= 11 is 1.87. The Kier molecular flexibility index (Phi) is 8.78. The van der Waals surface area contributed by atoms with Crippen molar-refractivity contribution in [2.45, 2.75) is 38.0 Å². The summed E-state index contributed by atoms with van der Waals surface area (Å²) in [5.74, 6) is 2.56. The molecule has 12 rings (SSSR count). The van der Waals surface area contributed by atoms with Gasteiger partial charge in [0.15, 0.2) is 17.5 Å². The lowest BCUT2D eigenvalue weighted by Gasteiger charge is -2.24. The third-order valence-corrected chi connectivity index (χ3v) is 14.1. The minimum Gasteiger partial charge on any atom is -0.208 e. The summed E-state index contributed by atoms with van der Waals surface area (Å²) in [6, 6.07) is 66.0. The monoisotopic (exact) mass is 799 g/mol. The fraction of sp³-hybridized carbons (Fsp3) is 0.105. The first-order valence-corrected chi connectivity index (χ1v) is 22.3. The predicted octanol–water partition coefficient (Wildman–Crippen LogP) is 16.1. The third kappa shape index (κ3) is 6.38. The van der Waals surface area contributed by atoms with Crippen LogP contribution in [0.4, 0.5) is 0 Å². The van der Waals surface area contributed by atoms with Crippen LogP contribution in [-0.2, 0) is 0 Å². The van der Waals surface area contributed by atoms with E-state index in [-0.39, 0.29) is 0 Å². The van der Waals surface area contributed by atoms with Crippen LogP contribution >= 0.6 is 11.3 Å². The number of fused-ring (bicyclic) bond motifs is 9. The fourth-order valence-electron chi connectivity index (χ4n) is 9.85. The van der Waals surface area contributed by atoms with Crippen LogP contribution in [0.5, 0.6) is 0 Å². The number of hydrogen-bond acceptors (Lipinski definition) is 4. The van der Waals surface area contributed by atoms with E-state index < -0.39 is 0 Å². The van der Waals surface area contributed by atoms with Crippen molar-refractivity contribution in [3.63, 3.8) is 0 Å². The lowest BCUT2D eigenvalue weighted by Crippen LogP contribution is -2.05. The molecule has 0 N–H and O–H groups in total. The maximum absolute atomic E-state index is 5.26. The largest absolute Gasteiger partial charge is 0.208 e. The van der Waals surface area contributed by atoms with Gasteiger partial charge in [-0.3, -0.25) is 0 Å². The van der Waals surface area contributed by atoms with Crippen LogP contribution in [-0.4, -0.2) is 15.0 Å². The Bertz CT molecular complexity index is 3460. The molecule has 0 radical (unpaired) electrons. The van der Waals surface area contributed by atoms with E-state index in [1.165, 1.54) is 107 Å². The molecule has 61 heavy (non-hydrogen) atoms. The second-order valence-corrected chi connectivity index (χ2v) is 17.6. The van der Waals surface area contributed by atoms with E-state index in [2.05, 4.69) is 164 Å². The number of aromatic nitrogens is 3. The summed E-state index contributed by atoms with van der Waals surface area (Å²) < 4.78 is 2.57. The number of benzene rings is 9. The number of thiophene rings is 1. The molecule has 4 heteroatoms. The first-order valence-electron chi connectivity index (χ1n) is 21.5. The highest BCUT2D eigenvalue weighted by Gasteiger charge is 2.21. The summed E-state index contributed by atoms with van der Waals surface area (Å²) in [7, 11) is 0. The van der Waals surface area contributed by atoms with Gasteiger partial charge in [-0.2, -0.15) is 0 Å². The first kappa shape index (κ1) is 35.9. The van der Waals surface area contributed by atoms with E-state index in [1.807, 2.05) is 29.5 Å². The molecule has 1 aliphatic carbocycles. The van der Waals surface area contributed by atoms with Crippen LogP contribution in [0, 0.1) is 0 Å². The van der Waals surface area contributed by atoms with Gasteiger partial charge in [0.2, 0.25) is 0 Å². The highest BCUT2D eigenvalue weighted by atomic mass is 32.1. The maximum Gasteiger partial charge on any atom is 0.164 e. The molecule has 0 amide bonds. The normalized spacial score (nSPS) is 13.5. The molecular formula is C57H41N3S. The summed E-state index contributed by atoms with van der Waals surface area (Å²) in [6.07, 6.45) is 6.44. The summed E-state index contributed by atoms with van der Waals surface area (Å²) in [5, 5.41) is 10.3. The van der Waals surface area contributed by atoms with Gasteiger partial charge in [-0.25, -0.2) is 15.0 Å². The Morgan fingerprint density at radius 3 is 1.67 bits per heavy atom. The van der Waals surface area contributed by atoms with Crippen molar-refractivity contribution in [1.82, 2.24) is 15.0 Å². The molecule has 0 saturated heterocycles. The molecule has 9 aromatic carbocycles. The molecule has 0 atom stereocenters. The molecular weight excluding hydrogens is 759 g/mol. The maximum atomic E-state index is 5.26. The van der Waals surface area contributed by atoms with E-state index in [9.17, 15) is 0 Å². The van der Waals surface area contributed by atoms with Gasteiger partial charge < -0.3 is 0 Å². The Labute approximate surface area is 359 Å². The first-order chi connectivity index (χ1) is 30.2. The van der Waals surface area contributed by atoms with Crippen molar-refractivity contribution in [3.05, 3.63) is 188 Å². The fourth-order valence-corrected chi connectivity index (χ4v) is 11.1. The van der Waals surface area contributed by atoms with E-state index in [0.29, 0.717) is 23.4 Å². The quantitative estimate of drug-likeness (QED) is 0.157. The van der Waals surface area contributed by atoms with Gasteiger partial charge in [-0.1, -0.05) is 165 Å². The zero-order valence-electron chi connectivity index (χ0n) is 33.7. The highest BCUT2D eigenvalue weighted by Crippen LogP contribution is 2.45. The molecule has 2 heterocycles. The molecule has 3 nitrogen and oxygen atoms in total. The Balaban J connectivity index is 0.995. The number of nitrogens with zero attached hydrogens (tertiary/aromatic N) is 3. The molecule has 0 bridgehead atoms. The van der Waals surface area contributed by atoms with Crippen LogP contribution in [0.2, 0.25) is 0 Å². The smallest absolute Gasteiger partial charge is 0.164 e.